The first-order valence-electron chi connectivity index (χ1n) is 2.24. The van der Waals surface area contributed by atoms with Crippen LogP contribution >= 0.6 is 0 Å². The summed E-state index contributed by atoms with van der Waals surface area (Å²) < 4.78 is 20.6. The van der Waals surface area contributed by atoms with E-state index >= 15 is 0 Å². The molecule has 0 aromatic rings. The summed E-state index contributed by atoms with van der Waals surface area (Å²) in [4.78, 5) is 0. The van der Waals surface area contributed by atoms with Crippen LogP contribution in [0.3, 0.4) is 0 Å². The average Bonchev–Trinajstić information content (AvgIpc) is 1.59. The van der Waals surface area contributed by atoms with Gasteiger partial charge in [-0.25, -0.2) is 8.42 Å². The van der Waals surface area contributed by atoms with Crippen molar-refractivity contribution in [2.24, 2.45) is 0 Å². The van der Waals surface area contributed by atoms with Crippen molar-refractivity contribution < 1.29 is 8.42 Å². The maximum atomic E-state index is 10.3. The molecule has 0 saturated carbocycles. The highest BCUT2D eigenvalue weighted by Crippen LogP contribution is 1.77. The zero-order chi connectivity index (χ0) is 6.62. The summed E-state index contributed by atoms with van der Waals surface area (Å²) in [5, 5.41) is 2.50. The predicted molar refractivity (Wildman–Crippen MR) is 33.1 cm³/mol. The predicted octanol–water partition coefficient (Wildman–Crippen LogP) is -0.588. The Hall–Kier alpha value is -0.0900. The first-order valence-corrected chi connectivity index (χ1v) is 4.30. The Balaban J connectivity index is 3.42. The monoisotopic (exact) mass is 136 g/mol. The number of rotatable bonds is 3. The molecular weight excluding hydrogens is 126 g/mol. The van der Waals surface area contributed by atoms with Gasteiger partial charge in [-0.3, -0.25) is 0 Å². The van der Waals surface area contributed by atoms with Gasteiger partial charge < -0.3 is 5.32 Å². The van der Waals surface area contributed by atoms with Gasteiger partial charge >= 0.3 is 0 Å². The molecule has 0 aliphatic carbocycles. The van der Waals surface area contributed by atoms with Crippen LogP contribution in [0.4, 0.5) is 0 Å². The van der Waals surface area contributed by atoms with Crippen LogP contribution in [-0.4, -0.2) is 27.0 Å². The molecule has 4 heteroatoms. The van der Waals surface area contributed by atoms with Crippen LogP contribution in [0.5, 0.6) is 0 Å². The van der Waals surface area contributed by atoms with Gasteiger partial charge in [-0.2, -0.15) is 0 Å². The molecule has 0 aliphatic heterocycles. The van der Waals surface area contributed by atoms with Crippen molar-refractivity contribution in [3.63, 3.8) is 0 Å². The van der Waals surface area contributed by atoms with Gasteiger partial charge in [0.15, 0.2) is 0 Å². The molecule has 0 aromatic heterocycles. The van der Waals surface area contributed by atoms with E-state index in [1.165, 1.54) is 6.26 Å². The Morgan fingerprint density at radius 2 is 2.12 bits per heavy atom. The van der Waals surface area contributed by atoms with E-state index in [0.717, 1.165) is 0 Å². The van der Waals surface area contributed by atoms with Crippen LogP contribution in [0.15, 0.2) is 0 Å². The minimum absolute atomic E-state index is 0.163. The molecule has 0 atom stereocenters. The van der Waals surface area contributed by atoms with Gasteiger partial charge in [0.1, 0.15) is 9.84 Å². The second kappa shape index (κ2) is 3.04. The van der Waals surface area contributed by atoms with Crippen molar-refractivity contribution in [1.29, 1.82) is 0 Å². The Morgan fingerprint density at radius 1 is 1.62 bits per heavy atom. The van der Waals surface area contributed by atoms with E-state index in [1.54, 1.807) is 0 Å². The van der Waals surface area contributed by atoms with Crippen molar-refractivity contribution in [2.75, 3.05) is 18.6 Å². The molecular formula is C4H10NO2S. The van der Waals surface area contributed by atoms with Crippen molar-refractivity contribution in [3.8, 4) is 0 Å². The zero-order valence-electron chi connectivity index (χ0n) is 4.85. The number of hydrogen-bond donors (Lipinski definition) is 1. The molecule has 0 spiro atoms. The maximum Gasteiger partial charge on any atom is 0.148 e. The molecule has 0 aromatic carbocycles. The van der Waals surface area contributed by atoms with Gasteiger partial charge in [0.2, 0.25) is 0 Å². The highest BCUT2D eigenvalue weighted by molar-refractivity contribution is 7.90. The van der Waals surface area contributed by atoms with Gasteiger partial charge in [-0.05, 0) is 0 Å². The van der Waals surface area contributed by atoms with Crippen LogP contribution < -0.4 is 5.32 Å². The lowest BCUT2D eigenvalue weighted by atomic mass is 10.8. The Kier molecular flexibility index (Phi) is 3.01. The quantitative estimate of drug-likeness (QED) is 0.564. The van der Waals surface area contributed by atoms with E-state index in [1.807, 2.05) is 0 Å². The molecule has 0 unspecified atom stereocenters. The summed E-state index contributed by atoms with van der Waals surface area (Å²) in [7, 11) is 0.486. The molecule has 0 saturated heterocycles. The molecule has 1 radical (unpaired) electrons. The van der Waals surface area contributed by atoms with E-state index < -0.39 is 9.84 Å². The fourth-order valence-corrected chi connectivity index (χ4v) is 0.773. The SMILES string of the molecule is [CH2]NCCS(C)(=O)=O. The first kappa shape index (κ1) is 7.91. The Labute approximate surface area is 50.0 Å². The van der Waals surface area contributed by atoms with Crippen molar-refractivity contribution >= 4 is 9.84 Å². The number of sulfone groups is 1. The van der Waals surface area contributed by atoms with E-state index in [9.17, 15) is 8.42 Å². The van der Waals surface area contributed by atoms with Crippen molar-refractivity contribution in [2.45, 2.75) is 0 Å². The molecule has 0 amide bonds. The number of nitrogens with one attached hydrogen (secondary N) is 1. The average molecular weight is 136 g/mol. The van der Waals surface area contributed by atoms with Gasteiger partial charge in [-0.1, -0.05) is 0 Å². The number of hydrogen-bond acceptors (Lipinski definition) is 3. The molecule has 1 N–H and O–H groups in total. The molecule has 8 heavy (non-hydrogen) atoms. The fraction of sp³-hybridized carbons (Fsp3) is 0.750. The minimum atomic E-state index is -2.79. The van der Waals surface area contributed by atoms with E-state index in [2.05, 4.69) is 12.4 Å². The summed E-state index contributed by atoms with van der Waals surface area (Å²) in [6.45, 7) is 0.429. The van der Waals surface area contributed by atoms with Crippen LogP contribution in [-0.2, 0) is 9.84 Å². The Morgan fingerprint density at radius 3 is 2.25 bits per heavy atom. The lowest BCUT2D eigenvalue weighted by molar-refractivity contribution is 0.600. The van der Waals surface area contributed by atoms with Gasteiger partial charge in [0.05, 0.1) is 5.75 Å². The zero-order valence-corrected chi connectivity index (χ0v) is 5.66. The third kappa shape index (κ3) is 5.91. The van der Waals surface area contributed by atoms with Crippen molar-refractivity contribution in [3.05, 3.63) is 7.05 Å². The van der Waals surface area contributed by atoms with Crippen LogP contribution in [0, 0.1) is 7.05 Å². The van der Waals surface area contributed by atoms with E-state index in [-0.39, 0.29) is 5.75 Å². The minimum Gasteiger partial charge on any atom is -0.314 e. The lowest BCUT2D eigenvalue weighted by Crippen LogP contribution is -2.16. The van der Waals surface area contributed by atoms with Gasteiger partial charge in [0, 0.05) is 19.8 Å². The highest BCUT2D eigenvalue weighted by Gasteiger charge is 1.97. The molecule has 3 nitrogen and oxygen atoms in total. The molecule has 0 aliphatic rings. The normalized spacial score (nSPS) is 11.8. The molecule has 0 heterocycles. The summed E-state index contributed by atoms with van der Waals surface area (Å²) >= 11 is 0. The second-order valence-electron chi connectivity index (χ2n) is 1.63. The largest absolute Gasteiger partial charge is 0.314 e. The topological polar surface area (TPSA) is 46.2 Å². The summed E-state index contributed by atoms with van der Waals surface area (Å²) in [6, 6.07) is 0. The van der Waals surface area contributed by atoms with Gasteiger partial charge in [0.25, 0.3) is 0 Å². The molecule has 49 valence electrons. The summed E-state index contributed by atoms with van der Waals surface area (Å²) in [5.41, 5.74) is 0. The standard InChI is InChI=1S/C4H10NO2S/c1-5-3-4-8(2,6)7/h5H,1,3-4H2,2H3. The van der Waals surface area contributed by atoms with Crippen LogP contribution in [0.2, 0.25) is 0 Å². The van der Waals surface area contributed by atoms with Crippen LogP contribution in [0.25, 0.3) is 0 Å². The van der Waals surface area contributed by atoms with E-state index in [4.69, 9.17) is 0 Å². The Bertz CT molecular complexity index is 138. The third-order valence-corrected chi connectivity index (χ3v) is 1.60. The third-order valence-electron chi connectivity index (χ3n) is 0.650. The smallest absolute Gasteiger partial charge is 0.148 e. The molecule has 0 fully saturated rings. The van der Waals surface area contributed by atoms with Crippen molar-refractivity contribution in [1.82, 2.24) is 5.32 Å². The van der Waals surface area contributed by atoms with Crippen LogP contribution in [0.1, 0.15) is 0 Å². The molecule has 0 rings (SSSR count). The maximum absolute atomic E-state index is 10.3. The fourth-order valence-electron chi connectivity index (χ4n) is 0.258. The van der Waals surface area contributed by atoms with E-state index in [0.29, 0.717) is 6.54 Å². The summed E-state index contributed by atoms with van der Waals surface area (Å²) in [6.07, 6.45) is 1.20. The summed E-state index contributed by atoms with van der Waals surface area (Å²) in [5.74, 6) is 0.163. The van der Waals surface area contributed by atoms with Gasteiger partial charge in [-0.15, -0.1) is 0 Å². The lowest BCUT2D eigenvalue weighted by Gasteiger charge is -1.93. The highest BCUT2D eigenvalue weighted by atomic mass is 32.2. The second-order valence-corrected chi connectivity index (χ2v) is 3.89. The molecule has 0 bridgehead atoms. The first-order chi connectivity index (χ1) is 3.56.